The minimum Gasteiger partial charge on any atom is -0.495 e. The highest BCUT2D eigenvalue weighted by Gasteiger charge is 2.18. The van der Waals surface area contributed by atoms with Gasteiger partial charge in [-0.25, -0.2) is 0 Å². The van der Waals surface area contributed by atoms with E-state index in [9.17, 15) is 5.11 Å². The molecule has 0 heterocycles. The minimum absolute atomic E-state index is 0.409. The van der Waals surface area contributed by atoms with Gasteiger partial charge in [0.1, 0.15) is 11.9 Å². The van der Waals surface area contributed by atoms with E-state index in [2.05, 4.69) is 0 Å². The van der Waals surface area contributed by atoms with Crippen LogP contribution in [0.15, 0.2) is 36.4 Å². The highest BCUT2D eigenvalue weighted by Crippen LogP contribution is 2.36. The van der Waals surface area contributed by atoms with Gasteiger partial charge in [0.2, 0.25) is 0 Å². The van der Waals surface area contributed by atoms with Crippen molar-refractivity contribution < 1.29 is 9.84 Å². The molecule has 0 aromatic heterocycles. The lowest BCUT2D eigenvalue weighted by atomic mass is 10.0. The maximum atomic E-state index is 10.4. The largest absolute Gasteiger partial charge is 0.495 e. The van der Waals surface area contributed by atoms with E-state index in [1.807, 2.05) is 0 Å². The molecule has 1 N–H and O–H groups in total. The normalized spacial score (nSPS) is 12.3. The van der Waals surface area contributed by atoms with Gasteiger partial charge in [0.05, 0.1) is 12.1 Å². The highest BCUT2D eigenvalue weighted by atomic mass is 35.5. The van der Waals surface area contributed by atoms with Crippen molar-refractivity contribution in [3.8, 4) is 5.75 Å². The van der Waals surface area contributed by atoms with Gasteiger partial charge in [-0.3, -0.25) is 0 Å². The van der Waals surface area contributed by atoms with E-state index >= 15 is 0 Å². The van der Waals surface area contributed by atoms with Gasteiger partial charge in [0.25, 0.3) is 0 Å². The summed E-state index contributed by atoms with van der Waals surface area (Å²) in [7, 11) is 1.53. The Kier molecular flexibility index (Phi) is 4.58. The Bertz CT molecular complexity index is 579. The molecule has 2 aromatic carbocycles. The molecule has 2 aromatic rings. The first-order chi connectivity index (χ1) is 9.04. The fourth-order valence-corrected chi connectivity index (χ4v) is 2.66. The van der Waals surface area contributed by atoms with Crippen molar-refractivity contribution in [2.45, 2.75) is 6.10 Å². The molecule has 19 heavy (non-hydrogen) atoms. The SMILES string of the molecule is COc1ccc(C(O)c2c(Cl)cccc2Cl)cc1Cl. The van der Waals surface area contributed by atoms with Gasteiger partial charge in [-0.05, 0) is 29.8 Å². The van der Waals surface area contributed by atoms with Crippen molar-refractivity contribution >= 4 is 34.8 Å². The quantitative estimate of drug-likeness (QED) is 0.886. The van der Waals surface area contributed by atoms with Crippen LogP contribution in [0.3, 0.4) is 0 Å². The van der Waals surface area contributed by atoms with E-state index in [1.54, 1.807) is 36.4 Å². The van der Waals surface area contributed by atoms with Gasteiger partial charge in [-0.1, -0.05) is 46.9 Å². The number of aliphatic hydroxyl groups excluding tert-OH is 1. The summed E-state index contributed by atoms with van der Waals surface area (Å²) in [6.07, 6.45) is -0.940. The Morgan fingerprint density at radius 2 is 1.63 bits per heavy atom. The lowest BCUT2D eigenvalue weighted by Gasteiger charge is -2.15. The maximum Gasteiger partial charge on any atom is 0.137 e. The third-order valence-corrected chi connectivity index (χ3v) is 3.72. The van der Waals surface area contributed by atoms with Crippen LogP contribution in [0.1, 0.15) is 17.2 Å². The van der Waals surface area contributed by atoms with E-state index < -0.39 is 6.10 Å². The number of methoxy groups -OCH3 is 1. The Hall–Kier alpha value is -0.930. The Labute approximate surface area is 126 Å². The molecular formula is C14H11Cl3O2. The average molecular weight is 318 g/mol. The van der Waals surface area contributed by atoms with E-state index in [0.717, 1.165) is 0 Å². The molecule has 1 atom stereocenters. The molecule has 0 radical (unpaired) electrons. The number of ether oxygens (including phenoxy) is 1. The number of hydrogen-bond acceptors (Lipinski definition) is 2. The first kappa shape index (κ1) is 14.5. The van der Waals surface area contributed by atoms with Crippen molar-refractivity contribution in [3.05, 3.63) is 62.6 Å². The second-order valence-electron chi connectivity index (χ2n) is 3.93. The molecule has 0 saturated carbocycles. The minimum atomic E-state index is -0.940. The molecule has 0 amide bonds. The molecule has 2 nitrogen and oxygen atoms in total. The highest BCUT2D eigenvalue weighted by molar-refractivity contribution is 6.36. The van der Waals surface area contributed by atoms with Crippen molar-refractivity contribution in [1.29, 1.82) is 0 Å². The van der Waals surface area contributed by atoms with Crippen molar-refractivity contribution in [2.24, 2.45) is 0 Å². The van der Waals surface area contributed by atoms with Gasteiger partial charge in [0.15, 0.2) is 0 Å². The Morgan fingerprint density at radius 3 is 2.16 bits per heavy atom. The summed E-state index contributed by atoms with van der Waals surface area (Å²) >= 11 is 18.2. The third kappa shape index (κ3) is 2.98. The molecule has 0 saturated heterocycles. The van der Waals surface area contributed by atoms with Crippen LogP contribution in [0.25, 0.3) is 0 Å². The lowest BCUT2D eigenvalue weighted by Crippen LogP contribution is -2.02. The summed E-state index contributed by atoms with van der Waals surface area (Å²) in [5.74, 6) is 0.544. The molecule has 0 fully saturated rings. The molecule has 2 rings (SSSR count). The summed E-state index contributed by atoms with van der Waals surface area (Å²) in [6, 6.07) is 10.1. The Morgan fingerprint density at radius 1 is 1.00 bits per heavy atom. The first-order valence-corrected chi connectivity index (χ1v) is 6.63. The van der Waals surface area contributed by atoms with E-state index in [0.29, 0.717) is 31.9 Å². The molecular weight excluding hydrogens is 307 g/mol. The molecule has 0 bridgehead atoms. The monoisotopic (exact) mass is 316 g/mol. The van der Waals surface area contributed by atoms with Gasteiger partial charge in [-0.2, -0.15) is 0 Å². The second kappa shape index (κ2) is 6.02. The van der Waals surface area contributed by atoms with Crippen LogP contribution in [-0.2, 0) is 0 Å². The van der Waals surface area contributed by atoms with Crippen molar-refractivity contribution in [3.63, 3.8) is 0 Å². The standard InChI is InChI=1S/C14H11Cl3O2/c1-19-12-6-5-8(7-11(12)17)14(18)13-9(15)3-2-4-10(13)16/h2-7,14,18H,1H3. The van der Waals surface area contributed by atoms with Gasteiger partial charge in [0, 0.05) is 15.6 Å². The van der Waals surface area contributed by atoms with Crippen molar-refractivity contribution in [1.82, 2.24) is 0 Å². The predicted molar refractivity (Wildman–Crippen MR) is 78.5 cm³/mol. The van der Waals surface area contributed by atoms with Gasteiger partial charge >= 0.3 is 0 Å². The molecule has 1 unspecified atom stereocenters. The molecule has 100 valence electrons. The molecule has 0 aliphatic rings. The second-order valence-corrected chi connectivity index (χ2v) is 5.15. The van der Waals surface area contributed by atoms with Gasteiger partial charge < -0.3 is 9.84 Å². The van der Waals surface area contributed by atoms with Crippen LogP contribution >= 0.6 is 34.8 Å². The number of aliphatic hydroxyl groups is 1. The smallest absolute Gasteiger partial charge is 0.137 e. The summed E-state index contributed by atoms with van der Waals surface area (Å²) in [4.78, 5) is 0. The number of halogens is 3. The van der Waals surface area contributed by atoms with Crippen LogP contribution in [0.2, 0.25) is 15.1 Å². The topological polar surface area (TPSA) is 29.5 Å². The fourth-order valence-electron chi connectivity index (χ4n) is 1.79. The summed E-state index contributed by atoms with van der Waals surface area (Å²) in [5.41, 5.74) is 1.06. The van der Waals surface area contributed by atoms with Crippen LogP contribution < -0.4 is 4.74 Å². The zero-order chi connectivity index (χ0) is 14.0. The number of rotatable bonds is 3. The molecule has 5 heteroatoms. The van der Waals surface area contributed by atoms with Crippen molar-refractivity contribution in [2.75, 3.05) is 7.11 Å². The predicted octanol–water partition coefficient (Wildman–Crippen LogP) is 4.74. The van der Waals surface area contributed by atoms with Crippen LogP contribution in [-0.4, -0.2) is 12.2 Å². The molecule has 0 aliphatic heterocycles. The number of hydrogen-bond donors (Lipinski definition) is 1. The molecule has 0 spiro atoms. The zero-order valence-corrected chi connectivity index (χ0v) is 12.3. The van der Waals surface area contributed by atoms with Crippen LogP contribution in [0, 0.1) is 0 Å². The lowest BCUT2D eigenvalue weighted by molar-refractivity contribution is 0.220. The van der Waals surface area contributed by atoms with Gasteiger partial charge in [-0.15, -0.1) is 0 Å². The average Bonchev–Trinajstić information content (AvgIpc) is 2.38. The third-order valence-electron chi connectivity index (χ3n) is 2.76. The van der Waals surface area contributed by atoms with E-state index in [4.69, 9.17) is 39.5 Å². The number of benzene rings is 2. The first-order valence-electron chi connectivity index (χ1n) is 5.50. The summed E-state index contributed by atoms with van der Waals surface area (Å²) < 4.78 is 5.07. The van der Waals surface area contributed by atoms with Crippen LogP contribution in [0.4, 0.5) is 0 Å². The zero-order valence-electron chi connectivity index (χ0n) is 10.0. The summed E-state index contributed by atoms with van der Waals surface area (Å²) in [6.45, 7) is 0. The Balaban J connectivity index is 2.44. The van der Waals surface area contributed by atoms with Crippen LogP contribution in [0.5, 0.6) is 5.75 Å². The van der Waals surface area contributed by atoms with E-state index in [-0.39, 0.29) is 0 Å². The maximum absolute atomic E-state index is 10.4. The summed E-state index contributed by atoms with van der Waals surface area (Å²) in [5, 5.41) is 11.6. The fraction of sp³-hybridized carbons (Fsp3) is 0.143. The van der Waals surface area contributed by atoms with E-state index in [1.165, 1.54) is 7.11 Å². The molecule has 0 aliphatic carbocycles.